The van der Waals surface area contributed by atoms with Crippen LogP contribution in [0.5, 0.6) is 0 Å². The van der Waals surface area contributed by atoms with Crippen molar-refractivity contribution >= 4 is 39.5 Å². The molecule has 6 atom stereocenters. The fraction of sp³-hybridized carbons (Fsp3) is 0.900. The van der Waals surface area contributed by atoms with Crippen molar-refractivity contribution in [2.75, 3.05) is 39.6 Å². The molecule has 17 nitrogen and oxygen atoms in total. The Balaban J connectivity index is 5.23. The van der Waals surface area contributed by atoms with Gasteiger partial charge >= 0.3 is 39.5 Å². The number of aliphatic hydroxyl groups excluding tert-OH is 1. The summed E-state index contributed by atoms with van der Waals surface area (Å²) in [4.78, 5) is 72.9. The van der Waals surface area contributed by atoms with Crippen molar-refractivity contribution in [3.63, 3.8) is 0 Å². The van der Waals surface area contributed by atoms with Gasteiger partial charge in [-0.15, -0.1) is 0 Å². The second kappa shape index (κ2) is 71.2. The number of esters is 4. The number of allylic oxidation sites excluding steroid dienone is 4. The van der Waals surface area contributed by atoms with Crippen LogP contribution in [0.1, 0.15) is 395 Å². The molecule has 3 N–H and O–H groups in total. The Morgan fingerprint density at radius 1 is 0.333 bits per heavy atom. The second-order valence-corrected chi connectivity index (χ2v) is 31.7. The first-order valence-electron chi connectivity index (χ1n) is 40.8. The van der Waals surface area contributed by atoms with E-state index in [1.165, 1.54) is 193 Å². The Hall–Kier alpha value is -2.46. The number of aliphatic hydroxyl groups is 1. The quantitative estimate of drug-likeness (QED) is 0.0169. The topological polar surface area (TPSA) is 237 Å². The Kier molecular flexibility index (Phi) is 69.4. The lowest BCUT2D eigenvalue weighted by molar-refractivity contribution is -0.161. The van der Waals surface area contributed by atoms with Gasteiger partial charge in [-0.05, 0) is 63.2 Å². The third-order valence-corrected chi connectivity index (χ3v) is 20.3. The fourth-order valence-corrected chi connectivity index (χ4v) is 13.4. The highest BCUT2D eigenvalue weighted by molar-refractivity contribution is 7.47. The fourth-order valence-electron chi connectivity index (χ4n) is 11.8. The zero-order valence-corrected chi connectivity index (χ0v) is 66.1. The number of carbonyl (C=O) groups excluding carboxylic acids is 4. The van der Waals surface area contributed by atoms with Crippen molar-refractivity contribution in [3.8, 4) is 0 Å². The van der Waals surface area contributed by atoms with Gasteiger partial charge < -0.3 is 33.8 Å². The van der Waals surface area contributed by atoms with Crippen molar-refractivity contribution in [2.24, 2.45) is 11.8 Å². The normalized spacial score (nSPS) is 14.4. The van der Waals surface area contributed by atoms with Crippen molar-refractivity contribution in [1.29, 1.82) is 0 Å². The highest BCUT2D eigenvalue weighted by Gasteiger charge is 2.30. The summed E-state index contributed by atoms with van der Waals surface area (Å²) in [6.45, 7) is 9.59. The predicted molar refractivity (Wildman–Crippen MR) is 404 cm³/mol. The van der Waals surface area contributed by atoms with Crippen LogP contribution < -0.4 is 0 Å². The molecule has 0 aromatic rings. The number of carbonyl (C=O) groups is 4. The Bertz CT molecular complexity index is 2000. The lowest BCUT2D eigenvalue weighted by atomic mass is 9.99. The van der Waals surface area contributed by atoms with Gasteiger partial charge in [0.1, 0.15) is 19.3 Å². The predicted octanol–water partition coefficient (Wildman–Crippen LogP) is 23.4. The molecule has 0 saturated carbocycles. The van der Waals surface area contributed by atoms with Gasteiger partial charge in [-0.3, -0.25) is 37.3 Å². The molecule has 0 amide bonds. The van der Waals surface area contributed by atoms with Crippen LogP contribution in [-0.4, -0.2) is 96.7 Å². The first-order valence-corrected chi connectivity index (χ1v) is 43.8. The van der Waals surface area contributed by atoms with E-state index < -0.39 is 97.5 Å². The maximum Gasteiger partial charge on any atom is 0.472 e. The van der Waals surface area contributed by atoms with E-state index in [1.807, 2.05) is 0 Å². The molecule has 0 spiro atoms. The summed E-state index contributed by atoms with van der Waals surface area (Å²) in [5.74, 6) is -0.523. The number of phosphoric acid groups is 2. The van der Waals surface area contributed by atoms with Crippen LogP contribution >= 0.6 is 15.6 Å². The molecule has 0 aliphatic carbocycles. The van der Waals surface area contributed by atoms with E-state index in [2.05, 4.69) is 65.8 Å². The number of ether oxygens (including phenoxy) is 4. The lowest BCUT2D eigenvalue weighted by Gasteiger charge is -2.21. The zero-order chi connectivity index (χ0) is 72.8. The van der Waals surface area contributed by atoms with Crippen molar-refractivity contribution in [3.05, 3.63) is 24.3 Å². The number of hydrogen-bond acceptors (Lipinski definition) is 15. The van der Waals surface area contributed by atoms with E-state index in [0.717, 1.165) is 121 Å². The summed E-state index contributed by atoms with van der Waals surface area (Å²) in [7, 11) is -9.93. The SMILES string of the molecule is CCCCCC/C=C\C=C/CCCCCCCC(=O)OC[C@H](COP(=O)(O)OC[C@@H](O)COP(=O)(O)OC[C@@H](COC(=O)CCCCCCCCCCC)OC(=O)CCCCCCCCCCCCC(C)C)OC(=O)CCCCCCCCCCCCCCCCCCCCC(C)CC. The van der Waals surface area contributed by atoms with Crippen LogP contribution in [0.3, 0.4) is 0 Å². The highest BCUT2D eigenvalue weighted by atomic mass is 31.2. The number of rotatable bonds is 77. The third-order valence-electron chi connectivity index (χ3n) is 18.4. The molecule has 0 saturated heterocycles. The molecule has 584 valence electrons. The minimum atomic E-state index is -4.97. The molecule has 19 heteroatoms. The van der Waals surface area contributed by atoms with Crippen LogP contribution in [0.15, 0.2) is 24.3 Å². The van der Waals surface area contributed by atoms with Gasteiger partial charge in [-0.25, -0.2) is 9.13 Å². The third kappa shape index (κ3) is 72.3. The Labute approximate surface area is 605 Å². The minimum Gasteiger partial charge on any atom is -0.462 e. The highest BCUT2D eigenvalue weighted by Crippen LogP contribution is 2.45. The first kappa shape index (κ1) is 96.5. The molecule has 0 aliphatic rings. The largest absolute Gasteiger partial charge is 0.472 e. The molecular formula is C80H152O17P2. The van der Waals surface area contributed by atoms with Gasteiger partial charge in [0.15, 0.2) is 12.2 Å². The average molecular weight is 1450 g/mol. The first-order chi connectivity index (χ1) is 47.9. The summed E-state index contributed by atoms with van der Waals surface area (Å²) >= 11 is 0. The van der Waals surface area contributed by atoms with E-state index >= 15 is 0 Å². The number of phosphoric ester groups is 2. The summed E-state index contributed by atoms with van der Waals surface area (Å²) in [5, 5.41) is 10.6. The van der Waals surface area contributed by atoms with E-state index in [-0.39, 0.29) is 25.7 Å². The molecular weight excluding hydrogens is 1290 g/mol. The molecule has 0 aromatic heterocycles. The Morgan fingerprint density at radius 3 is 0.909 bits per heavy atom. The van der Waals surface area contributed by atoms with Crippen LogP contribution in [-0.2, 0) is 65.4 Å². The van der Waals surface area contributed by atoms with Crippen LogP contribution in [0, 0.1) is 11.8 Å². The second-order valence-electron chi connectivity index (χ2n) is 28.8. The van der Waals surface area contributed by atoms with Gasteiger partial charge in [-0.2, -0.15) is 0 Å². The number of unbranched alkanes of at least 4 members (excludes halogenated alkanes) is 43. The summed E-state index contributed by atoms with van der Waals surface area (Å²) in [6.07, 6.45) is 63.3. The molecule has 0 bridgehead atoms. The van der Waals surface area contributed by atoms with E-state index in [9.17, 15) is 43.2 Å². The molecule has 0 fully saturated rings. The molecule has 3 unspecified atom stereocenters. The molecule has 0 heterocycles. The molecule has 0 radical (unpaired) electrons. The van der Waals surface area contributed by atoms with Crippen LogP contribution in [0.25, 0.3) is 0 Å². The van der Waals surface area contributed by atoms with Crippen molar-refractivity contribution in [1.82, 2.24) is 0 Å². The van der Waals surface area contributed by atoms with Gasteiger partial charge in [-0.1, -0.05) is 342 Å². The Morgan fingerprint density at radius 2 is 0.596 bits per heavy atom. The van der Waals surface area contributed by atoms with Crippen molar-refractivity contribution in [2.45, 2.75) is 413 Å². The molecule has 99 heavy (non-hydrogen) atoms. The lowest BCUT2D eigenvalue weighted by Crippen LogP contribution is -2.30. The molecule has 0 aromatic carbocycles. The minimum absolute atomic E-state index is 0.101. The summed E-state index contributed by atoms with van der Waals surface area (Å²) in [6, 6.07) is 0. The van der Waals surface area contributed by atoms with Crippen LogP contribution in [0.4, 0.5) is 0 Å². The van der Waals surface area contributed by atoms with Gasteiger partial charge in [0, 0.05) is 25.7 Å². The zero-order valence-electron chi connectivity index (χ0n) is 64.3. The summed E-state index contributed by atoms with van der Waals surface area (Å²) in [5.41, 5.74) is 0. The molecule has 0 rings (SSSR count). The van der Waals surface area contributed by atoms with Gasteiger partial charge in [0.05, 0.1) is 26.4 Å². The van der Waals surface area contributed by atoms with Crippen LogP contribution in [0.2, 0.25) is 0 Å². The monoisotopic (exact) mass is 1450 g/mol. The number of hydrogen-bond donors (Lipinski definition) is 3. The van der Waals surface area contributed by atoms with E-state index in [4.69, 9.17) is 37.0 Å². The van der Waals surface area contributed by atoms with E-state index in [0.29, 0.717) is 25.7 Å². The molecule has 0 aliphatic heterocycles. The van der Waals surface area contributed by atoms with Crippen molar-refractivity contribution < 1.29 is 80.2 Å². The van der Waals surface area contributed by atoms with Gasteiger partial charge in [0.25, 0.3) is 0 Å². The standard InChI is InChI=1S/C80H152O17P2/c1-7-10-12-14-16-18-19-20-25-29-32-39-45-51-57-63-78(83)91-69-76(96-79(84)64-58-52-46-40-33-30-27-24-22-21-23-26-28-31-38-43-49-55-61-73(6)9-3)71-95-99(88,89)93-67-74(81)66-92-98(86,87)94-70-75(68-90-77(82)62-56-50-44-36-17-15-13-11-8-2)97-80(85)65-59-53-47-41-35-34-37-42-48-54-60-72(4)5/h18-20,25,72-76,81H,7-17,21-24,26-71H2,1-6H3,(H,86,87)(H,88,89)/b19-18-,25-20-/t73?,74-,75+,76+/m0/s1. The average Bonchev–Trinajstić information content (AvgIpc) is 1.03. The maximum absolute atomic E-state index is 13.1. The summed E-state index contributed by atoms with van der Waals surface area (Å²) < 4.78 is 68.6. The van der Waals surface area contributed by atoms with E-state index in [1.54, 1.807) is 0 Å². The van der Waals surface area contributed by atoms with Gasteiger partial charge in [0.2, 0.25) is 0 Å². The maximum atomic E-state index is 13.1. The smallest absolute Gasteiger partial charge is 0.462 e.